The molecule has 3 rings (SSSR count). The summed E-state index contributed by atoms with van der Waals surface area (Å²) in [5, 5.41) is 1.33. The van der Waals surface area contributed by atoms with Gasteiger partial charge in [-0.15, -0.1) is 35.0 Å². The zero-order chi connectivity index (χ0) is 13.6. The largest absolute Gasteiger partial charge is 0.494 e. The van der Waals surface area contributed by atoms with E-state index < -0.39 is 0 Å². The number of aryl methyl sites for hydroxylation is 1. The molecule has 1 unspecified atom stereocenters. The van der Waals surface area contributed by atoms with E-state index in [9.17, 15) is 0 Å². The molecule has 0 fully saturated rings. The number of thioether (sulfide) groups is 1. The van der Waals surface area contributed by atoms with Gasteiger partial charge in [0.2, 0.25) is 0 Å². The van der Waals surface area contributed by atoms with Crippen LogP contribution in [0.3, 0.4) is 0 Å². The Balaban J connectivity index is 2.23. The molecule has 2 heterocycles. The maximum absolute atomic E-state index is 6.04. The SMILES string of the molecule is COc1cccc2c3c(c(C)nc12)CC(C(Cl)Cl)S3. The summed E-state index contributed by atoms with van der Waals surface area (Å²) in [6.07, 6.45) is 0.879. The first-order chi connectivity index (χ1) is 9.11. The van der Waals surface area contributed by atoms with Crippen LogP contribution in [0, 0.1) is 6.92 Å². The number of rotatable bonds is 2. The number of methoxy groups -OCH3 is 1. The molecule has 2 nitrogen and oxygen atoms in total. The van der Waals surface area contributed by atoms with E-state index in [1.165, 1.54) is 10.5 Å². The molecule has 100 valence electrons. The van der Waals surface area contributed by atoms with Gasteiger partial charge in [0.1, 0.15) is 16.1 Å². The van der Waals surface area contributed by atoms with Crippen molar-refractivity contribution >= 4 is 45.9 Å². The molecule has 1 aliphatic heterocycles. The van der Waals surface area contributed by atoms with E-state index in [2.05, 4.69) is 11.1 Å². The molecule has 1 aromatic heterocycles. The number of pyridine rings is 1. The first-order valence-electron chi connectivity index (χ1n) is 6.03. The lowest BCUT2D eigenvalue weighted by Crippen LogP contribution is -2.10. The van der Waals surface area contributed by atoms with Gasteiger partial charge in [0, 0.05) is 21.2 Å². The van der Waals surface area contributed by atoms with Crippen molar-refractivity contribution in [2.45, 2.75) is 28.3 Å². The van der Waals surface area contributed by atoms with Crippen molar-refractivity contribution in [1.82, 2.24) is 4.98 Å². The van der Waals surface area contributed by atoms with Crippen LogP contribution in [-0.2, 0) is 6.42 Å². The molecule has 0 saturated heterocycles. The van der Waals surface area contributed by atoms with Crippen LogP contribution >= 0.6 is 35.0 Å². The average molecular weight is 314 g/mol. The molecule has 5 heteroatoms. The summed E-state index contributed by atoms with van der Waals surface area (Å²) < 4.78 is 5.39. The van der Waals surface area contributed by atoms with Gasteiger partial charge in [-0.1, -0.05) is 12.1 Å². The second kappa shape index (κ2) is 5.04. The number of hydrogen-bond acceptors (Lipinski definition) is 3. The summed E-state index contributed by atoms with van der Waals surface area (Å²) in [4.78, 5) is 5.57. The van der Waals surface area contributed by atoms with Crippen LogP contribution in [0.15, 0.2) is 23.1 Å². The van der Waals surface area contributed by atoms with Gasteiger partial charge in [-0.3, -0.25) is 0 Å². The number of hydrogen-bond donors (Lipinski definition) is 0. The molecule has 0 spiro atoms. The number of benzene rings is 1. The van der Waals surface area contributed by atoms with Gasteiger partial charge in [0.25, 0.3) is 0 Å². The highest BCUT2D eigenvalue weighted by Gasteiger charge is 2.30. The Kier molecular flexibility index (Phi) is 3.54. The predicted molar refractivity (Wildman–Crippen MR) is 81.9 cm³/mol. The Hall–Kier alpha value is -0.640. The fraction of sp³-hybridized carbons (Fsp3) is 0.357. The number of fused-ring (bicyclic) bond motifs is 3. The van der Waals surface area contributed by atoms with E-state index in [4.69, 9.17) is 27.9 Å². The highest BCUT2D eigenvalue weighted by molar-refractivity contribution is 8.00. The van der Waals surface area contributed by atoms with Crippen molar-refractivity contribution in [3.8, 4) is 5.75 Å². The van der Waals surface area contributed by atoms with Gasteiger partial charge < -0.3 is 4.74 Å². The molecule has 1 aromatic carbocycles. The number of ether oxygens (including phenoxy) is 1. The maximum atomic E-state index is 6.04. The van der Waals surface area contributed by atoms with Crippen LogP contribution in [-0.4, -0.2) is 22.2 Å². The van der Waals surface area contributed by atoms with Crippen molar-refractivity contribution < 1.29 is 4.74 Å². The number of nitrogens with zero attached hydrogens (tertiary/aromatic N) is 1. The quantitative estimate of drug-likeness (QED) is 0.768. The lowest BCUT2D eigenvalue weighted by Gasteiger charge is -2.10. The highest BCUT2D eigenvalue weighted by atomic mass is 35.5. The fourth-order valence-electron chi connectivity index (χ4n) is 2.46. The minimum atomic E-state index is -0.363. The molecule has 0 saturated carbocycles. The molecule has 0 bridgehead atoms. The van der Waals surface area contributed by atoms with Gasteiger partial charge in [0.15, 0.2) is 0 Å². The van der Waals surface area contributed by atoms with E-state index in [1.807, 2.05) is 19.1 Å². The van der Waals surface area contributed by atoms with Gasteiger partial charge >= 0.3 is 0 Å². The van der Waals surface area contributed by atoms with Crippen molar-refractivity contribution in [2.24, 2.45) is 0 Å². The normalized spacial score (nSPS) is 18.1. The fourth-order valence-corrected chi connectivity index (χ4v) is 4.26. The highest BCUT2D eigenvalue weighted by Crippen LogP contribution is 2.46. The molecule has 19 heavy (non-hydrogen) atoms. The smallest absolute Gasteiger partial charge is 0.145 e. The molecule has 2 aromatic rings. The minimum absolute atomic E-state index is 0.204. The molecule has 0 radical (unpaired) electrons. The van der Waals surface area contributed by atoms with Gasteiger partial charge in [-0.2, -0.15) is 0 Å². The topological polar surface area (TPSA) is 22.1 Å². The van der Waals surface area contributed by atoms with Gasteiger partial charge in [0.05, 0.1) is 7.11 Å². The number of aromatic nitrogens is 1. The summed E-state index contributed by atoms with van der Waals surface area (Å²) in [6, 6.07) is 6.01. The zero-order valence-electron chi connectivity index (χ0n) is 10.6. The van der Waals surface area contributed by atoms with Crippen LogP contribution in [0.25, 0.3) is 10.9 Å². The molecule has 0 aliphatic carbocycles. The van der Waals surface area contributed by atoms with E-state index >= 15 is 0 Å². The van der Waals surface area contributed by atoms with Crippen LogP contribution in [0.4, 0.5) is 0 Å². The molecule has 1 aliphatic rings. The standard InChI is InChI=1S/C14H13Cl2NOS/c1-7-9-6-11(14(15)16)19-13(9)8-4-3-5-10(18-2)12(8)17-7/h3-5,11,14H,6H2,1-2H3. The second-order valence-electron chi connectivity index (χ2n) is 4.56. The van der Waals surface area contributed by atoms with E-state index in [1.54, 1.807) is 18.9 Å². The molecule has 1 atom stereocenters. The summed E-state index contributed by atoms with van der Waals surface area (Å²) in [7, 11) is 1.67. The Morgan fingerprint density at radius 3 is 2.89 bits per heavy atom. The van der Waals surface area contributed by atoms with Crippen LogP contribution in [0.1, 0.15) is 11.3 Å². The van der Waals surface area contributed by atoms with Crippen LogP contribution < -0.4 is 4.74 Å². The summed E-state index contributed by atoms with van der Waals surface area (Å²) in [5.74, 6) is 0.806. The number of halogens is 2. The number of para-hydroxylation sites is 1. The van der Waals surface area contributed by atoms with Crippen molar-refractivity contribution in [1.29, 1.82) is 0 Å². The lowest BCUT2D eigenvalue weighted by atomic mass is 10.1. The first kappa shape index (κ1) is 13.3. The van der Waals surface area contributed by atoms with Crippen LogP contribution in [0.5, 0.6) is 5.75 Å². The third-order valence-corrected chi connectivity index (χ3v) is 5.76. The molecule has 0 amide bonds. The van der Waals surface area contributed by atoms with Gasteiger partial charge in [-0.25, -0.2) is 4.98 Å². The Labute approximate surface area is 126 Å². The summed E-state index contributed by atoms with van der Waals surface area (Å²) in [6.45, 7) is 2.03. The lowest BCUT2D eigenvalue weighted by molar-refractivity contribution is 0.418. The predicted octanol–water partition coefficient (Wildman–Crippen LogP) is 4.37. The zero-order valence-corrected chi connectivity index (χ0v) is 12.9. The van der Waals surface area contributed by atoms with Gasteiger partial charge in [-0.05, 0) is 25.0 Å². The van der Waals surface area contributed by atoms with E-state index in [0.29, 0.717) is 0 Å². The van der Waals surface area contributed by atoms with E-state index in [0.717, 1.165) is 28.8 Å². The average Bonchev–Trinajstić information content (AvgIpc) is 2.84. The summed E-state index contributed by atoms with van der Waals surface area (Å²) >= 11 is 13.8. The number of alkyl halides is 2. The third kappa shape index (κ3) is 2.18. The Bertz CT molecular complexity index is 645. The van der Waals surface area contributed by atoms with Crippen molar-refractivity contribution in [2.75, 3.05) is 7.11 Å². The molecular formula is C14H13Cl2NOS. The monoisotopic (exact) mass is 313 g/mol. The first-order valence-corrected chi connectivity index (χ1v) is 7.78. The Morgan fingerprint density at radius 1 is 1.42 bits per heavy atom. The minimum Gasteiger partial charge on any atom is -0.494 e. The van der Waals surface area contributed by atoms with Crippen molar-refractivity contribution in [3.63, 3.8) is 0 Å². The van der Waals surface area contributed by atoms with Crippen molar-refractivity contribution in [3.05, 3.63) is 29.5 Å². The van der Waals surface area contributed by atoms with Crippen LogP contribution in [0.2, 0.25) is 0 Å². The molecule has 0 N–H and O–H groups in total. The third-order valence-electron chi connectivity index (χ3n) is 3.41. The Morgan fingerprint density at radius 2 is 2.21 bits per heavy atom. The molecular weight excluding hydrogens is 301 g/mol. The summed E-state index contributed by atoms with van der Waals surface area (Å²) in [5.41, 5.74) is 3.22. The maximum Gasteiger partial charge on any atom is 0.145 e. The van der Waals surface area contributed by atoms with E-state index in [-0.39, 0.29) is 10.1 Å². The second-order valence-corrected chi connectivity index (χ2v) is 6.97.